The average molecular weight is 246 g/mol. The molecule has 1 fully saturated rings. The number of nitrogens with zero attached hydrogens (tertiary/aromatic N) is 2. The van der Waals surface area contributed by atoms with Crippen LogP contribution in [0.25, 0.3) is 0 Å². The van der Waals surface area contributed by atoms with Crippen LogP contribution >= 0.6 is 0 Å². The van der Waals surface area contributed by atoms with E-state index in [1.165, 1.54) is 0 Å². The van der Waals surface area contributed by atoms with E-state index in [9.17, 15) is 4.79 Å². The highest BCUT2D eigenvalue weighted by atomic mass is 16.5. The van der Waals surface area contributed by atoms with Crippen molar-refractivity contribution in [2.24, 2.45) is 5.92 Å². The van der Waals surface area contributed by atoms with Crippen LogP contribution in [0.2, 0.25) is 0 Å². The van der Waals surface area contributed by atoms with Gasteiger partial charge in [-0.05, 0) is 31.6 Å². The van der Waals surface area contributed by atoms with E-state index in [1.807, 2.05) is 0 Å². The van der Waals surface area contributed by atoms with Crippen molar-refractivity contribution in [3.8, 4) is 0 Å². The Hall–Kier alpha value is -1.29. The van der Waals surface area contributed by atoms with Gasteiger partial charge in [-0.2, -0.15) is 0 Å². The summed E-state index contributed by atoms with van der Waals surface area (Å²) >= 11 is 0. The third-order valence-corrected chi connectivity index (χ3v) is 3.78. The van der Waals surface area contributed by atoms with Crippen molar-refractivity contribution in [3.63, 3.8) is 0 Å². The molecule has 4 heteroatoms. The molecule has 1 saturated heterocycles. The zero-order chi connectivity index (χ0) is 12.4. The standard InChI is InChI=1S/C14H18N2O2/c17-13-4-2-1-3-12-11(13)8-15-14(16-12)7-10-5-6-18-9-10/h8,10H,1-7,9H2. The second-order valence-electron chi connectivity index (χ2n) is 5.21. The minimum absolute atomic E-state index is 0.207. The fourth-order valence-electron chi connectivity index (χ4n) is 2.70. The highest BCUT2D eigenvalue weighted by Gasteiger charge is 2.21. The maximum Gasteiger partial charge on any atom is 0.166 e. The Labute approximate surface area is 107 Å². The summed E-state index contributed by atoms with van der Waals surface area (Å²) in [5, 5.41) is 0. The van der Waals surface area contributed by atoms with E-state index < -0.39 is 0 Å². The predicted octanol–water partition coefficient (Wildman–Crippen LogP) is 1.96. The molecule has 1 aromatic heterocycles. The number of ketones is 1. The summed E-state index contributed by atoms with van der Waals surface area (Å²) in [5.41, 5.74) is 1.71. The first-order chi connectivity index (χ1) is 8.83. The summed E-state index contributed by atoms with van der Waals surface area (Å²) in [4.78, 5) is 20.8. The smallest absolute Gasteiger partial charge is 0.166 e. The molecule has 0 aromatic carbocycles. The lowest BCUT2D eigenvalue weighted by molar-refractivity contribution is 0.0981. The summed E-state index contributed by atoms with van der Waals surface area (Å²) in [6.45, 7) is 1.67. The lowest BCUT2D eigenvalue weighted by Gasteiger charge is -2.09. The van der Waals surface area contributed by atoms with Crippen LogP contribution in [-0.2, 0) is 17.6 Å². The van der Waals surface area contributed by atoms with E-state index in [2.05, 4.69) is 9.97 Å². The van der Waals surface area contributed by atoms with Gasteiger partial charge in [0.1, 0.15) is 5.82 Å². The maximum atomic E-state index is 11.9. The van der Waals surface area contributed by atoms with Crippen molar-refractivity contribution in [1.29, 1.82) is 0 Å². The van der Waals surface area contributed by atoms with E-state index >= 15 is 0 Å². The molecular weight excluding hydrogens is 228 g/mol. The highest BCUT2D eigenvalue weighted by Crippen LogP contribution is 2.20. The second kappa shape index (κ2) is 5.14. The summed E-state index contributed by atoms with van der Waals surface area (Å²) in [6.07, 6.45) is 7.30. The molecule has 0 N–H and O–H groups in total. The van der Waals surface area contributed by atoms with Gasteiger partial charge in [-0.15, -0.1) is 0 Å². The Morgan fingerprint density at radius 1 is 1.33 bits per heavy atom. The van der Waals surface area contributed by atoms with Crippen molar-refractivity contribution < 1.29 is 9.53 Å². The van der Waals surface area contributed by atoms with Gasteiger partial charge in [-0.1, -0.05) is 0 Å². The van der Waals surface area contributed by atoms with Gasteiger partial charge in [0, 0.05) is 32.3 Å². The van der Waals surface area contributed by atoms with Crippen molar-refractivity contribution in [2.75, 3.05) is 13.2 Å². The van der Waals surface area contributed by atoms with Crippen LogP contribution in [0.3, 0.4) is 0 Å². The van der Waals surface area contributed by atoms with Crippen LogP contribution in [0, 0.1) is 5.92 Å². The third kappa shape index (κ3) is 2.43. The monoisotopic (exact) mass is 246 g/mol. The first-order valence-electron chi connectivity index (χ1n) is 6.78. The molecule has 0 amide bonds. The van der Waals surface area contributed by atoms with E-state index in [0.717, 1.165) is 62.4 Å². The minimum atomic E-state index is 0.207. The molecule has 96 valence electrons. The van der Waals surface area contributed by atoms with Crippen molar-refractivity contribution >= 4 is 5.78 Å². The van der Waals surface area contributed by atoms with Crippen molar-refractivity contribution in [1.82, 2.24) is 9.97 Å². The number of aromatic nitrogens is 2. The van der Waals surface area contributed by atoms with Gasteiger partial charge in [0.05, 0.1) is 11.3 Å². The Morgan fingerprint density at radius 3 is 3.06 bits per heavy atom. The van der Waals surface area contributed by atoms with Gasteiger partial charge in [-0.3, -0.25) is 4.79 Å². The van der Waals surface area contributed by atoms with E-state index in [-0.39, 0.29) is 5.78 Å². The normalized spacial score (nSPS) is 23.8. The first-order valence-corrected chi connectivity index (χ1v) is 6.78. The van der Waals surface area contributed by atoms with E-state index in [0.29, 0.717) is 12.3 Å². The summed E-state index contributed by atoms with van der Waals surface area (Å²) in [6, 6.07) is 0. The molecule has 0 radical (unpaired) electrons. The maximum absolute atomic E-state index is 11.9. The number of rotatable bonds is 2. The number of ether oxygens (including phenoxy) is 1. The predicted molar refractivity (Wildman–Crippen MR) is 66.5 cm³/mol. The molecule has 1 aliphatic carbocycles. The zero-order valence-corrected chi connectivity index (χ0v) is 10.5. The van der Waals surface area contributed by atoms with Gasteiger partial charge >= 0.3 is 0 Å². The Bertz CT molecular complexity index is 453. The van der Waals surface area contributed by atoms with Gasteiger partial charge < -0.3 is 4.74 Å². The van der Waals surface area contributed by atoms with Crippen LogP contribution in [-0.4, -0.2) is 29.0 Å². The van der Waals surface area contributed by atoms with Crippen LogP contribution in [0.1, 0.15) is 47.6 Å². The first kappa shape index (κ1) is 11.8. The SMILES string of the molecule is O=C1CCCCc2nc(CC3CCOC3)ncc21. The summed E-state index contributed by atoms with van der Waals surface area (Å²) in [7, 11) is 0. The number of Topliss-reactive ketones (excluding diaryl/α,β-unsaturated/α-hetero) is 1. The average Bonchev–Trinajstić information content (AvgIpc) is 2.80. The fourth-order valence-corrected chi connectivity index (χ4v) is 2.70. The van der Waals surface area contributed by atoms with Crippen molar-refractivity contribution in [3.05, 3.63) is 23.3 Å². The largest absolute Gasteiger partial charge is 0.381 e. The molecule has 3 rings (SSSR count). The molecule has 1 aliphatic heterocycles. The van der Waals surface area contributed by atoms with Gasteiger partial charge in [0.25, 0.3) is 0 Å². The van der Waals surface area contributed by atoms with E-state index in [1.54, 1.807) is 6.20 Å². The third-order valence-electron chi connectivity index (χ3n) is 3.78. The number of carbonyl (C=O) groups excluding carboxylic acids is 1. The molecule has 2 heterocycles. The van der Waals surface area contributed by atoms with Crippen LogP contribution in [0.4, 0.5) is 0 Å². The molecule has 1 aromatic rings. The minimum Gasteiger partial charge on any atom is -0.381 e. The topological polar surface area (TPSA) is 52.1 Å². The number of fused-ring (bicyclic) bond motifs is 1. The van der Waals surface area contributed by atoms with Gasteiger partial charge in [0.15, 0.2) is 5.78 Å². The fraction of sp³-hybridized carbons (Fsp3) is 0.643. The van der Waals surface area contributed by atoms with Crippen molar-refractivity contribution in [2.45, 2.75) is 38.5 Å². The van der Waals surface area contributed by atoms with Gasteiger partial charge in [-0.25, -0.2) is 9.97 Å². The Morgan fingerprint density at radius 2 is 2.22 bits per heavy atom. The zero-order valence-electron chi connectivity index (χ0n) is 10.5. The lowest BCUT2D eigenvalue weighted by Crippen LogP contribution is -2.11. The lowest BCUT2D eigenvalue weighted by atomic mass is 10.0. The highest BCUT2D eigenvalue weighted by molar-refractivity contribution is 5.97. The summed E-state index contributed by atoms with van der Waals surface area (Å²) < 4.78 is 5.37. The molecule has 18 heavy (non-hydrogen) atoms. The van der Waals surface area contributed by atoms with E-state index in [4.69, 9.17) is 4.74 Å². The molecule has 4 nitrogen and oxygen atoms in total. The molecule has 1 unspecified atom stereocenters. The van der Waals surface area contributed by atoms with Crippen LogP contribution in [0.15, 0.2) is 6.20 Å². The molecular formula is C14H18N2O2. The number of aryl methyl sites for hydroxylation is 1. The quantitative estimate of drug-likeness (QED) is 0.749. The molecule has 0 spiro atoms. The Kier molecular flexibility index (Phi) is 3.37. The molecule has 1 atom stereocenters. The second-order valence-corrected chi connectivity index (χ2v) is 5.21. The molecule has 0 saturated carbocycles. The molecule has 0 bridgehead atoms. The van der Waals surface area contributed by atoms with Crippen LogP contribution < -0.4 is 0 Å². The van der Waals surface area contributed by atoms with Gasteiger partial charge in [0.2, 0.25) is 0 Å². The number of hydrogen-bond acceptors (Lipinski definition) is 4. The Balaban J connectivity index is 1.80. The van der Waals surface area contributed by atoms with Crippen LogP contribution in [0.5, 0.6) is 0 Å². The number of hydrogen-bond donors (Lipinski definition) is 0. The number of carbonyl (C=O) groups is 1. The molecule has 2 aliphatic rings. The summed E-state index contributed by atoms with van der Waals surface area (Å²) in [5.74, 6) is 1.63.